The van der Waals surface area contributed by atoms with Gasteiger partial charge in [0.1, 0.15) is 0 Å². The number of nitrogens with one attached hydrogen (secondary N) is 1. The molecule has 1 nitrogen and oxygen atoms in total. The molecular formula is C18H19N. The predicted octanol–water partition coefficient (Wildman–Crippen LogP) is 3.31. The fourth-order valence-corrected chi connectivity index (χ4v) is 4.24. The molecule has 2 aliphatic carbocycles. The van der Waals surface area contributed by atoms with Crippen LogP contribution in [0.2, 0.25) is 0 Å². The van der Waals surface area contributed by atoms with E-state index in [1.54, 1.807) is 22.3 Å². The second-order valence-corrected chi connectivity index (χ2v) is 5.84. The van der Waals surface area contributed by atoms with E-state index in [1.165, 1.54) is 6.42 Å². The molecular weight excluding hydrogens is 230 g/mol. The summed E-state index contributed by atoms with van der Waals surface area (Å²) in [5.74, 6) is 2.01. The van der Waals surface area contributed by atoms with Crippen LogP contribution in [0.25, 0.3) is 0 Å². The highest BCUT2D eigenvalue weighted by Crippen LogP contribution is 2.54. The zero-order valence-electron chi connectivity index (χ0n) is 11.3. The number of hydrogen-bond donors (Lipinski definition) is 1. The Morgan fingerprint density at radius 1 is 0.947 bits per heavy atom. The summed E-state index contributed by atoms with van der Waals surface area (Å²) in [4.78, 5) is 0. The molecule has 0 saturated carbocycles. The lowest BCUT2D eigenvalue weighted by atomic mass is 9.73. The van der Waals surface area contributed by atoms with Crippen molar-refractivity contribution in [1.29, 1.82) is 0 Å². The van der Waals surface area contributed by atoms with Gasteiger partial charge in [-0.25, -0.2) is 0 Å². The summed E-state index contributed by atoms with van der Waals surface area (Å²) in [6, 6.07) is 18.1. The van der Waals surface area contributed by atoms with Crippen molar-refractivity contribution in [3.05, 3.63) is 70.8 Å². The molecule has 0 spiro atoms. The van der Waals surface area contributed by atoms with Crippen LogP contribution in [0.4, 0.5) is 0 Å². The average molecular weight is 249 g/mol. The van der Waals surface area contributed by atoms with E-state index in [2.05, 4.69) is 60.9 Å². The fraction of sp³-hybridized carbons (Fsp3) is 0.333. The van der Waals surface area contributed by atoms with Crippen LogP contribution in [0.1, 0.15) is 34.1 Å². The Morgan fingerprint density at radius 2 is 1.63 bits per heavy atom. The van der Waals surface area contributed by atoms with Crippen molar-refractivity contribution >= 4 is 0 Å². The maximum absolute atomic E-state index is 3.40. The van der Waals surface area contributed by atoms with Gasteiger partial charge in [0.2, 0.25) is 0 Å². The number of benzene rings is 2. The summed E-state index contributed by atoms with van der Waals surface area (Å²) >= 11 is 0. The highest BCUT2D eigenvalue weighted by atomic mass is 14.8. The van der Waals surface area contributed by atoms with E-state index >= 15 is 0 Å². The average Bonchev–Trinajstić information content (AvgIpc) is 2.67. The first-order valence-electron chi connectivity index (χ1n) is 7.21. The van der Waals surface area contributed by atoms with Crippen LogP contribution in [0.5, 0.6) is 0 Å². The molecule has 2 aromatic carbocycles. The molecule has 3 atom stereocenters. The van der Waals surface area contributed by atoms with Crippen molar-refractivity contribution < 1.29 is 0 Å². The third kappa shape index (κ3) is 1.51. The van der Waals surface area contributed by atoms with E-state index in [1.807, 2.05) is 0 Å². The Balaban J connectivity index is 1.92. The van der Waals surface area contributed by atoms with Gasteiger partial charge in [-0.1, -0.05) is 48.5 Å². The van der Waals surface area contributed by atoms with Crippen LogP contribution < -0.4 is 5.32 Å². The lowest BCUT2D eigenvalue weighted by Crippen LogP contribution is -2.30. The standard InChI is InChI=1S/C18H19N/c1-19-11-17-16-10-12-6-2-3-7-13(12)18(17)15-9-5-4-8-14(15)16/h2-9,16-19H,10-11H2,1H3. The summed E-state index contributed by atoms with van der Waals surface area (Å²) in [5, 5.41) is 3.40. The molecule has 1 heteroatoms. The lowest BCUT2D eigenvalue weighted by Gasteiger charge is -2.32. The SMILES string of the molecule is CNCC1C2Cc3ccccc3C1c1ccccc12. The van der Waals surface area contributed by atoms with E-state index in [0.29, 0.717) is 11.8 Å². The highest BCUT2D eigenvalue weighted by Gasteiger charge is 2.44. The van der Waals surface area contributed by atoms with Crippen LogP contribution in [-0.4, -0.2) is 13.6 Å². The van der Waals surface area contributed by atoms with Crippen LogP contribution >= 0.6 is 0 Å². The number of fused-ring (bicyclic) bond motifs is 7. The van der Waals surface area contributed by atoms with Gasteiger partial charge in [0.15, 0.2) is 0 Å². The zero-order valence-corrected chi connectivity index (χ0v) is 11.3. The van der Waals surface area contributed by atoms with Gasteiger partial charge < -0.3 is 5.32 Å². The second kappa shape index (κ2) is 4.21. The molecule has 0 aromatic heterocycles. The minimum atomic E-state index is 0.596. The molecule has 3 unspecified atom stereocenters. The van der Waals surface area contributed by atoms with E-state index in [-0.39, 0.29) is 0 Å². The molecule has 1 N–H and O–H groups in total. The second-order valence-electron chi connectivity index (χ2n) is 5.84. The third-order valence-electron chi connectivity index (χ3n) is 4.95. The van der Waals surface area contributed by atoms with Crippen LogP contribution in [0.3, 0.4) is 0 Å². The van der Waals surface area contributed by atoms with Gasteiger partial charge in [-0.05, 0) is 54.1 Å². The lowest BCUT2D eigenvalue weighted by molar-refractivity contribution is 0.380. The van der Waals surface area contributed by atoms with Gasteiger partial charge in [-0.3, -0.25) is 0 Å². The summed E-state index contributed by atoms with van der Waals surface area (Å²) < 4.78 is 0. The van der Waals surface area contributed by atoms with E-state index in [0.717, 1.165) is 12.5 Å². The summed E-state index contributed by atoms with van der Waals surface area (Å²) in [6.45, 7) is 1.11. The zero-order chi connectivity index (χ0) is 12.8. The van der Waals surface area contributed by atoms with E-state index < -0.39 is 0 Å². The van der Waals surface area contributed by atoms with Gasteiger partial charge in [0.25, 0.3) is 0 Å². The van der Waals surface area contributed by atoms with E-state index in [9.17, 15) is 0 Å². The van der Waals surface area contributed by atoms with Gasteiger partial charge in [-0.15, -0.1) is 0 Å². The Hall–Kier alpha value is -1.60. The predicted molar refractivity (Wildman–Crippen MR) is 78.6 cm³/mol. The minimum Gasteiger partial charge on any atom is -0.319 e. The monoisotopic (exact) mass is 249 g/mol. The molecule has 2 aliphatic rings. The molecule has 96 valence electrons. The van der Waals surface area contributed by atoms with Crippen molar-refractivity contribution in [2.24, 2.45) is 5.92 Å². The van der Waals surface area contributed by atoms with E-state index in [4.69, 9.17) is 0 Å². The van der Waals surface area contributed by atoms with Gasteiger partial charge in [-0.2, -0.15) is 0 Å². The molecule has 19 heavy (non-hydrogen) atoms. The molecule has 4 rings (SSSR count). The van der Waals surface area contributed by atoms with Crippen molar-refractivity contribution in [1.82, 2.24) is 5.32 Å². The summed E-state index contributed by atoms with van der Waals surface area (Å²) in [6.07, 6.45) is 1.20. The van der Waals surface area contributed by atoms with Gasteiger partial charge in [0.05, 0.1) is 0 Å². The van der Waals surface area contributed by atoms with Crippen molar-refractivity contribution in [2.75, 3.05) is 13.6 Å². The summed E-state index contributed by atoms with van der Waals surface area (Å²) in [7, 11) is 2.07. The molecule has 0 amide bonds. The Bertz CT molecular complexity index is 606. The topological polar surface area (TPSA) is 12.0 Å². The molecule has 0 radical (unpaired) electrons. The molecule has 2 bridgehead atoms. The highest BCUT2D eigenvalue weighted by molar-refractivity contribution is 5.52. The quantitative estimate of drug-likeness (QED) is 0.861. The third-order valence-corrected chi connectivity index (χ3v) is 4.95. The minimum absolute atomic E-state index is 0.596. The normalized spacial score (nSPS) is 26.9. The van der Waals surface area contributed by atoms with Crippen molar-refractivity contribution in [3.63, 3.8) is 0 Å². The van der Waals surface area contributed by atoms with Gasteiger partial charge >= 0.3 is 0 Å². The molecule has 0 fully saturated rings. The maximum Gasteiger partial charge on any atom is 0.0141 e. The van der Waals surface area contributed by atoms with Crippen molar-refractivity contribution in [2.45, 2.75) is 18.3 Å². The van der Waals surface area contributed by atoms with Crippen LogP contribution in [-0.2, 0) is 6.42 Å². The fourth-order valence-electron chi connectivity index (χ4n) is 4.24. The Labute approximate surface area is 114 Å². The largest absolute Gasteiger partial charge is 0.319 e. The smallest absolute Gasteiger partial charge is 0.0141 e. The number of hydrogen-bond acceptors (Lipinski definition) is 1. The molecule has 2 aromatic rings. The van der Waals surface area contributed by atoms with Crippen LogP contribution in [0, 0.1) is 5.92 Å². The van der Waals surface area contributed by atoms with Crippen molar-refractivity contribution in [3.8, 4) is 0 Å². The maximum atomic E-state index is 3.40. The number of rotatable bonds is 2. The molecule has 0 aliphatic heterocycles. The summed E-state index contributed by atoms with van der Waals surface area (Å²) in [5.41, 5.74) is 6.27. The first-order valence-corrected chi connectivity index (χ1v) is 7.21. The Morgan fingerprint density at radius 3 is 2.42 bits per heavy atom. The Kier molecular flexibility index (Phi) is 2.49. The first kappa shape index (κ1) is 11.2. The van der Waals surface area contributed by atoms with Gasteiger partial charge in [0, 0.05) is 5.92 Å². The first-order chi connectivity index (χ1) is 9.40. The van der Waals surface area contributed by atoms with Crippen LogP contribution in [0.15, 0.2) is 48.5 Å². The molecule has 0 saturated heterocycles. The molecule has 0 heterocycles.